The number of methoxy groups -OCH3 is 2. The average Bonchev–Trinajstić information content (AvgIpc) is 2.96. The maximum Gasteiger partial charge on any atom is 0.363 e. The molecule has 5 heteroatoms. The van der Waals surface area contributed by atoms with Crippen molar-refractivity contribution in [1.82, 2.24) is 0 Å². The van der Waals surface area contributed by atoms with E-state index in [1.54, 1.807) is 38.5 Å². The Morgan fingerprint density at radius 3 is 2.58 bits per heavy atom. The van der Waals surface area contributed by atoms with Crippen molar-refractivity contribution in [3.05, 3.63) is 64.9 Å². The molecule has 122 valence electrons. The Morgan fingerprint density at radius 1 is 1.08 bits per heavy atom. The SMILES string of the molecule is COc1ccc(/C=C2\N=C(c3ccccc3C)OC2=O)c(OC)c1. The molecule has 0 N–H and O–H groups in total. The number of aliphatic imine (C=N–C) groups is 1. The first-order valence-corrected chi connectivity index (χ1v) is 7.43. The normalized spacial score (nSPS) is 15.2. The summed E-state index contributed by atoms with van der Waals surface area (Å²) in [6, 6.07) is 13.0. The van der Waals surface area contributed by atoms with Crippen molar-refractivity contribution in [2.24, 2.45) is 4.99 Å². The van der Waals surface area contributed by atoms with Gasteiger partial charge in [-0.15, -0.1) is 0 Å². The summed E-state index contributed by atoms with van der Waals surface area (Å²) in [6.45, 7) is 1.94. The van der Waals surface area contributed by atoms with E-state index in [1.807, 2.05) is 31.2 Å². The number of benzene rings is 2. The number of hydrogen-bond acceptors (Lipinski definition) is 5. The van der Waals surface area contributed by atoms with Crippen LogP contribution in [0.15, 0.2) is 53.2 Å². The second-order valence-corrected chi connectivity index (χ2v) is 5.26. The molecule has 0 aliphatic carbocycles. The quantitative estimate of drug-likeness (QED) is 0.639. The van der Waals surface area contributed by atoms with Gasteiger partial charge in [0, 0.05) is 17.2 Å². The summed E-state index contributed by atoms with van der Waals surface area (Å²) in [5, 5.41) is 0. The van der Waals surface area contributed by atoms with Crippen molar-refractivity contribution in [2.45, 2.75) is 6.92 Å². The summed E-state index contributed by atoms with van der Waals surface area (Å²) >= 11 is 0. The molecule has 0 fully saturated rings. The highest BCUT2D eigenvalue weighted by Crippen LogP contribution is 2.28. The molecule has 0 aromatic heterocycles. The molecular formula is C19H17NO4. The zero-order chi connectivity index (χ0) is 17.1. The van der Waals surface area contributed by atoms with Crippen LogP contribution in [0.5, 0.6) is 11.5 Å². The Kier molecular flexibility index (Phi) is 4.33. The minimum Gasteiger partial charge on any atom is -0.497 e. The lowest BCUT2D eigenvalue weighted by Gasteiger charge is -2.07. The van der Waals surface area contributed by atoms with Crippen molar-refractivity contribution in [2.75, 3.05) is 14.2 Å². The van der Waals surface area contributed by atoms with Crippen LogP contribution in [0.1, 0.15) is 16.7 Å². The Labute approximate surface area is 140 Å². The van der Waals surface area contributed by atoms with Gasteiger partial charge in [-0.05, 0) is 36.8 Å². The van der Waals surface area contributed by atoms with Crippen LogP contribution in [0.4, 0.5) is 0 Å². The van der Waals surface area contributed by atoms with Gasteiger partial charge in [0.1, 0.15) is 11.5 Å². The average molecular weight is 323 g/mol. The smallest absolute Gasteiger partial charge is 0.363 e. The first-order chi connectivity index (χ1) is 11.6. The highest BCUT2D eigenvalue weighted by atomic mass is 16.6. The maximum absolute atomic E-state index is 12.1. The molecule has 2 aromatic carbocycles. The molecule has 24 heavy (non-hydrogen) atoms. The number of carbonyl (C=O) groups excluding carboxylic acids is 1. The Balaban J connectivity index is 1.99. The van der Waals surface area contributed by atoms with Crippen LogP contribution in [-0.2, 0) is 9.53 Å². The van der Waals surface area contributed by atoms with E-state index in [9.17, 15) is 4.79 Å². The number of hydrogen-bond donors (Lipinski definition) is 0. The van der Waals surface area contributed by atoms with Gasteiger partial charge in [0.15, 0.2) is 5.70 Å². The topological polar surface area (TPSA) is 57.1 Å². The van der Waals surface area contributed by atoms with Crippen LogP contribution in [0.25, 0.3) is 6.08 Å². The van der Waals surface area contributed by atoms with Gasteiger partial charge in [0.25, 0.3) is 0 Å². The zero-order valence-electron chi connectivity index (χ0n) is 13.7. The molecule has 0 saturated heterocycles. The minimum atomic E-state index is -0.480. The van der Waals surface area contributed by atoms with E-state index in [0.717, 1.165) is 16.7 Å². The van der Waals surface area contributed by atoms with Crippen molar-refractivity contribution in [3.8, 4) is 11.5 Å². The van der Waals surface area contributed by atoms with Gasteiger partial charge in [0.2, 0.25) is 5.90 Å². The standard InChI is InChI=1S/C19H17NO4/c1-12-6-4-5-7-15(12)18-20-16(19(21)24-18)10-13-8-9-14(22-2)11-17(13)23-3/h4-11H,1-3H3/b16-10-. The molecule has 0 radical (unpaired) electrons. The molecule has 0 spiro atoms. The highest BCUT2D eigenvalue weighted by molar-refractivity contribution is 6.13. The fourth-order valence-corrected chi connectivity index (χ4v) is 2.42. The zero-order valence-corrected chi connectivity index (χ0v) is 13.7. The number of esters is 1. The summed E-state index contributed by atoms with van der Waals surface area (Å²) in [4.78, 5) is 16.5. The molecule has 0 bridgehead atoms. The fraction of sp³-hybridized carbons (Fsp3) is 0.158. The molecule has 5 nitrogen and oxygen atoms in total. The third-order valence-corrected chi connectivity index (χ3v) is 3.73. The monoisotopic (exact) mass is 323 g/mol. The van der Waals surface area contributed by atoms with Crippen LogP contribution in [0.2, 0.25) is 0 Å². The molecule has 0 unspecified atom stereocenters. The van der Waals surface area contributed by atoms with Gasteiger partial charge in [-0.25, -0.2) is 9.79 Å². The number of rotatable bonds is 4. The molecule has 3 rings (SSSR count). The van der Waals surface area contributed by atoms with Crippen molar-refractivity contribution in [3.63, 3.8) is 0 Å². The summed E-state index contributed by atoms with van der Waals surface area (Å²) in [5.41, 5.74) is 2.75. The largest absolute Gasteiger partial charge is 0.497 e. The second kappa shape index (κ2) is 6.58. The Hall–Kier alpha value is -3.08. The first-order valence-electron chi connectivity index (χ1n) is 7.43. The van der Waals surface area contributed by atoms with Gasteiger partial charge in [-0.1, -0.05) is 18.2 Å². The van der Waals surface area contributed by atoms with E-state index in [2.05, 4.69) is 4.99 Å². The molecule has 1 aliphatic rings. The predicted octanol–water partition coefficient (Wildman–Crippen LogP) is 3.36. The van der Waals surface area contributed by atoms with Crippen molar-refractivity contribution in [1.29, 1.82) is 0 Å². The summed E-state index contributed by atoms with van der Waals surface area (Å²) < 4.78 is 15.8. The van der Waals surface area contributed by atoms with Crippen molar-refractivity contribution < 1.29 is 19.0 Å². The molecule has 1 aliphatic heterocycles. The number of cyclic esters (lactones) is 1. The second-order valence-electron chi connectivity index (χ2n) is 5.26. The number of nitrogens with zero attached hydrogens (tertiary/aromatic N) is 1. The lowest BCUT2D eigenvalue weighted by Crippen LogP contribution is -2.06. The molecular weight excluding hydrogens is 306 g/mol. The molecule has 1 heterocycles. The predicted molar refractivity (Wildman–Crippen MR) is 91.3 cm³/mol. The highest BCUT2D eigenvalue weighted by Gasteiger charge is 2.25. The van der Waals surface area contributed by atoms with Crippen molar-refractivity contribution >= 4 is 17.9 Å². The van der Waals surface area contributed by atoms with Crippen LogP contribution >= 0.6 is 0 Å². The van der Waals surface area contributed by atoms with E-state index in [4.69, 9.17) is 14.2 Å². The maximum atomic E-state index is 12.1. The van der Waals surface area contributed by atoms with Gasteiger partial charge in [0.05, 0.1) is 14.2 Å². The van der Waals surface area contributed by atoms with E-state index in [1.165, 1.54) is 0 Å². The summed E-state index contributed by atoms with van der Waals surface area (Å²) in [5.74, 6) is 1.10. The van der Waals surface area contributed by atoms with Crippen LogP contribution in [0.3, 0.4) is 0 Å². The lowest BCUT2D eigenvalue weighted by molar-refractivity contribution is -0.129. The van der Waals surface area contributed by atoms with E-state index in [0.29, 0.717) is 17.4 Å². The molecule has 2 aromatic rings. The molecule has 0 amide bonds. The van der Waals surface area contributed by atoms with Crippen LogP contribution in [-0.4, -0.2) is 26.1 Å². The van der Waals surface area contributed by atoms with Gasteiger partial charge in [-0.3, -0.25) is 0 Å². The van der Waals surface area contributed by atoms with E-state index < -0.39 is 5.97 Å². The first kappa shape index (κ1) is 15.8. The fourth-order valence-electron chi connectivity index (χ4n) is 2.42. The summed E-state index contributed by atoms with van der Waals surface area (Å²) in [6.07, 6.45) is 1.64. The lowest BCUT2D eigenvalue weighted by atomic mass is 10.1. The van der Waals surface area contributed by atoms with Crippen LogP contribution in [0, 0.1) is 6.92 Å². The van der Waals surface area contributed by atoms with Crippen LogP contribution < -0.4 is 9.47 Å². The Morgan fingerprint density at radius 2 is 1.88 bits per heavy atom. The third-order valence-electron chi connectivity index (χ3n) is 3.73. The molecule has 0 saturated carbocycles. The third kappa shape index (κ3) is 3.01. The van der Waals surface area contributed by atoms with Gasteiger partial charge >= 0.3 is 5.97 Å². The number of carbonyl (C=O) groups is 1. The summed E-state index contributed by atoms with van der Waals surface area (Å²) in [7, 11) is 3.14. The molecule has 0 atom stereocenters. The van der Waals surface area contributed by atoms with Gasteiger partial charge < -0.3 is 14.2 Å². The van der Waals surface area contributed by atoms with E-state index >= 15 is 0 Å². The minimum absolute atomic E-state index is 0.233. The Bertz CT molecular complexity index is 852. The number of ether oxygens (including phenoxy) is 3. The van der Waals surface area contributed by atoms with Gasteiger partial charge in [-0.2, -0.15) is 0 Å². The number of aryl methyl sites for hydroxylation is 1. The van der Waals surface area contributed by atoms with E-state index in [-0.39, 0.29) is 5.70 Å².